The van der Waals surface area contributed by atoms with Crippen LogP contribution in [0.1, 0.15) is 11.1 Å². The van der Waals surface area contributed by atoms with Crippen LogP contribution in [-0.4, -0.2) is 8.42 Å². The first-order valence-corrected chi connectivity index (χ1v) is 10.9. The average Bonchev–Trinajstić information content (AvgIpc) is 3.11. The lowest BCUT2D eigenvalue weighted by atomic mass is 10.2. The Balaban J connectivity index is 1.96. The van der Waals surface area contributed by atoms with Crippen LogP contribution in [0.5, 0.6) is 0 Å². The van der Waals surface area contributed by atoms with E-state index >= 15 is 0 Å². The molecule has 1 aromatic heterocycles. The number of hydrogen-bond acceptors (Lipinski definition) is 3. The van der Waals surface area contributed by atoms with Crippen LogP contribution in [0.2, 0.25) is 10.0 Å². The maximum absolute atomic E-state index is 13.0. The lowest BCUT2D eigenvalue weighted by molar-refractivity contribution is 0.599. The van der Waals surface area contributed by atoms with Crippen LogP contribution in [0, 0.1) is 0 Å². The van der Waals surface area contributed by atoms with E-state index in [0.29, 0.717) is 21.3 Å². The third kappa shape index (κ3) is 4.89. The normalized spacial score (nSPS) is 11.8. The lowest BCUT2D eigenvalue weighted by Crippen LogP contribution is -2.28. The molecule has 0 aliphatic rings. The van der Waals surface area contributed by atoms with E-state index in [0.717, 1.165) is 5.56 Å². The minimum absolute atomic E-state index is 0.228. The molecule has 0 fully saturated rings. The van der Waals surface area contributed by atoms with Gasteiger partial charge in [0.05, 0.1) is 17.6 Å². The summed E-state index contributed by atoms with van der Waals surface area (Å²) < 4.78 is 27.3. The van der Waals surface area contributed by atoms with Crippen molar-refractivity contribution < 1.29 is 8.42 Å². The number of halogens is 2. The Kier molecular flexibility index (Phi) is 6.04. The van der Waals surface area contributed by atoms with Gasteiger partial charge in [0, 0.05) is 10.0 Å². The molecule has 3 nitrogen and oxygen atoms in total. The van der Waals surface area contributed by atoms with E-state index in [4.69, 9.17) is 23.2 Å². The summed E-state index contributed by atoms with van der Waals surface area (Å²) in [6, 6.07) is 15.7. The van der Waals surface area contributed by atoms with Crippen LogP contribution in [0.15, 0.2) is 70.8 Å². The van der Waals surface area contributed by atoms with E-state index in [-0.39, 0.29) is 6.54 Å². The van der Waals surface area contributed by atoms with Crippen LogP contribution in [0.4, 0.5) is 5.69 Å². The number of benzene rings is 2. The van der Waals surface area contributed by atoms with E-state index in [1.54, 1.807) is 48.5 Å². The summed E-state index contributed by atoms with van der Waals surface area (Å²) in [4.78, 5) is 0. The molecule has 3 aromatic rings. The highest BCUT2D eigenvalue weighted by Crippen LogP contribution is 2.26. The molecule has 0 amide bonds. The van der Waals surface area contributed by atoms with Gasteiger partial charge in [-0.2, -0.15) is 11.3 Å². The highest BCUT2D eigenvalue weighted by Gasteiger charge is 2.20. The number of rotatable bonds is 6. The summed E-state index contributed by atoms with van der Waals surface area (Å²) in [6.45, 7) is 0.228. The molecule has 134 valence electrons. The zero-order chi connectivity index (χ0) is 18.6. The summed E-state index contributed by atoms with van der Waals surface area (Å²) in [5, 5.41) is 6.06. The number of anilines is 1. The molecule has 1 heterocycles. The summed E-state index contributed by atoms with van der Waals surface area (Å²) in [5.74, 6) is 0. The lowest BCUT2D eigenvalue weighted by Gasteiger charge is -2.22. The molecular formula is C19H15Cl2NO2S2. The molecule has 0 saturated carbocycles. The minimum Gasteiger partial charge on any atom is -0.262 e. The van der Waals surface area contributed by atoms with E-state index < -0.39 is 10.0 Å². The SMILES string of the molecule is O=S(=O)(/C=C/c1cccc(Cl)c1)N(Cc1ccsc1)c1cccc(Cl)c1. The summed E-state index contributed by atoms with van der Waals surface area (Å²) in [5.41, 5.74) is 2.14. The Hall–Kier alpha value is -1.79. The van der Waals surface area contributed by atoms with Crippen molar-refractivity contribution in [3.8, 4) is 0 Å². The Morgan fingerprint density at radius 2 is 1.73 bits per heavy atom. The fourth-order valence-electron chi connectivity index (χ4n) is 2.36. The van der Waals surface area contributed by atoms with Crippen molar-refractivity contribution in [1.82, 2.24) is 0 Å². The van der Waals surface area contributed by atoms with Gasteiger partial charge in [0.25, 0.3) is 10.0 Å². The van der Waals surface area contributed by atoms with Gasteiger partial charge in [-0.1, -0.05) is 41.4 Å². The Morgan fingerprint density at radius 3 is 2.38 bits per heavy atom. The summed E-state index contributed by atoms with van der Waals surface area (Å²) in [7, 11) is -3.72. The molecule has 3 rings (SSSR count). The second kappa shape index (κ2) is 8.27. The van der Waals surface area contributed by atoms with Crippen LogP contribution >= 0.6 is 34.5 Å². The van der Waals surface area contributed by atoms with Crippen molar-refractivity contribution in [3.63, 3.8) is 0 Å². The Morgan fingerprint density at radius 1 is 1.00 bits per heavy atom. The molecular weight excluding hydrogens is 409 g/mol. The first-order chi connectivity index (χ1) is 12.4. The number of nitrogens with zero attached hydrogens (tertiary/aromatic N) is 1. The Bertz CT molecular complexity index is 1020. The molecule has 2 aromatic carbocycles. The van der Waals surface area contributed by atoms with Gasteiger partial charge in [-0.15, -0.1) is 0 Å². The zero-order valence-electron chi connectivity index (χ0n) is 13.5. The molecule has 26 heavy (non-hydrogen) atoms. The standard InChI is InChI=1S/C19H15Cl2NO2S2/c20-17-4-1-3-15(11-17)8-10-26(23,24)22(13-16-7-9-25-14-16)19-6-2-5-18(21)12-19/h1-12,14H,13H2/b10-8+. The molecule has 0 radical (unpaired) electrons. The third-order valence-corrected chi connectivity index (χ3v) is 6.23. The van der Waals surface area contributed by atoms with Gasteiger partial charge in [-0.25, -0.2) is 8.42 Å². The van der Waals surface area contributed by atoms with Crippen molar-refractivity contribution in [2.24, 2.45) is 0 Å². The highest BCUT2D eigenvalue weighted by atomic mass is 35.5. The molecule has 0 aliphatic carbocycles. The molecule has 0 bridgehead atoms. The van der Waals surface area contributed by atoms with Crippen LogP contribution in [0.25, 0.3) is 6.08 Å². The van der Waals surface area contributed by atoms with E-state index in [1.807, 2.05) is 16.8 Å². The van der Waals surface area contributed by atoms with E-state index in [9.17, 15) is 8.42 Å². The number of thiophene rings is 1. The first kappa shape index (κ1) is 19.0. The fraction of sp³-hybridized carbons (Fsp3) is 0.0526. The van der Waals surface area contributed by atoms with Gasteiger partial charge in [-0.3, -0.25) is 4.31 Å². The second-order valence-corrected chi connectivity index (χ2v) is 8.92. The smallest absolute Gasteiger partial charge is 0.257 e. The van der Waals surface area contributed by atoms with Crippen molar-refractivity contribution >= 4 is 56.3 Å². The average molecular weight is 424 g/mol. The van der Waals surface area contributed by atoms with Crippen LogP contribution in [-0.2, 0) is 16.6 Å². The molecule has 0 saturated heterocycles. The molecule has 0 atom stereocenters. The van der Waals surface area contributed by atoms with Gasteiger partial charge in [-0.05, 0) is 64.4 Å². The highest BCUT2D eigenvalue weighted by molar-refractivity contribution is 7.95. The van der Waals surface area contributed by atoms with Crippen LogP contribution < -0.4 is 4.31 Å². The predicted octanol–water partition coefficient (Wildman–Crippen LogP) is 6.06. The molecule has 0 N–H and O–H groups in total. The molecule has 0 spiro atoms. The minimum atomic E-state index is -3.72. The van der Waals surface area contributed by atoms with Crippen molar-refractivity contribution in [2.45, 2.75) is 6.54 Å². The zero-order valence-corrected chi connectivity index (χ0v) is 16.7. The fourth-order valence-corrected chi connectivity index (χ4v) is 4.61. The topological polar surface area (TPSA) is 37.4 Å². The maximum Gasteiger partial charge on any atom is 0.257 e. The van der Waals surface area contributed by atoms with Crippen molar-refractivity contribution in [3.05, 3.63) is 91.9 Å². The molecule has 0 unspecified atom stereocenters. The van der Waals surface area contributed by atoms with Crippen molar-refractivity contribution in [2.75, 3.05) is 4.31 Å². The van der Waals surface area contributed by atoms with Gasteiger partial charge in [0.15, 0.2) is 0 Å². The Labute approximate surface area is 167 Å². The summed E-state index contributed by atoms with van der Waals surface area (Å²) in [6.07, 6.45) is 1.53. The van der Waals surface area contributed by atoms with E-state index in [1.165, 1.54) is 27.1 Å². The maximum atomic E-state index is 13.0. The van der Waals surface area contributed by atoms with Gasteiger partial charge in [0.1, 0.15) is 0 Å². The van der Waals surface area contributed by atoms with Gasteiger partial charge in [0.2, 0.25) is 0 Å². The monoisotopic (exact) mass is 423 g/mol. The second-order valence-electron chi connectivity index (χ2n) is 5.52. The quantitative estimate of drug-likeness (QED) is 0.482. The molecule has 0 aliphatic heterocycles. The number of hydrogen-bond donors (Lipinski definition) is 0. The van der Waals surface area contributed by atoms with Crippen LogP contribution in [0.3, 0.4) is 0 Å². The van der Waals surface area contributed by atoms with Crippen molar-refractivity contribution in [1.29, 1.82) is 0 Å². The largest absolute Gasteiger partial charge is 0.262 e. The van der Waals surface area contributed by atoms with E-state index in [2.05, 4.69) is 0 Å². The van der Waals surface area contributed by atoms with Gasteiger partial charge >= 0.3 is 0 Å². The van der Waals surface area contributed by atoms with Gasteiger partial charge < -0.3 is 0 Å². The predicted molar refractivity (Wildman–Crippen MR) is 111 cm³/mol. The third-order valence-electron chi connectivity index (χ3n) is 3.59. The summed E-state index contributed by atoms with van der Waals surface area (Å²) >= 11 is 13.5. The first-order valence-electron chi connectivity index (χ1n) is 7.67. The number of sulfonamides is 1. The molecule has 7 heteroatoms.